The Morgan fingerprint density at radius 3 is 1.54 bits per heavy atom. The molecule has 0 radical (unpaired) electrons. The van der Waals surface area contributed by atoms with Crippen molar-refractivity contribution in [2.45, 2.75) is 177 Å². The second kappa shape index (κ2) is 37.1. The number of Topliss-reactive ketones (excluding diaryl/α,β-unsaturated/α-hetero) is 1. The van der Waals surface area contributed by atoms with Crippen LogP contribution in [-0.4, -0.2) is 106 Å². The van der Waals surface area contributed by atoms with E-state index in [1.807, 2.05) is 131 Å². The molecule has 105 heavy (non-hydrogen) atoms. The number of hydrogen-bond acceptors (Lipinski definition) is 14. The van der Waals surface area contributed by atoms with E-state index in [2.05, 4.69) is 42.7 Å². The maximum absolute atomic E-state index is 13.6. The summed E-state index contributed by atoms with van der Waals surface area (Å²) in [6.07, 6.45) is 4.58. The number of benzene rings is 2. The molecule has 0 saturated carbocycles. The van der Waals surface area contributed by atoms with Gasteiger partial charge in [0.1, 0.15) is 23.9 Å². The molecule has 7 heterocycles. The number of rotatable bonds is 26. The number of carboxylic acid groups (broad SMARTS) is 2. The van der Waals surface area contributed by atoms with Gasteiger partial charge in [0, 0.05) is 91.7 Å². The Labute approximate surface area is 609 Å². The molecule has 2 aromatic carbocycles. The molecule has 22 nitrogen and oxygen atoms in total. The fourth-order valence-corrected chi connectivity index (χ4v) is 12.9. The first-order valence-corrected chi connectivity index (χ1v) is 34.9. The van der Waals surface area contributed by atoms with Gasteiger partial charge < -0.3 is 49.5 Å². The van der Waals surface area contributed by atoms with Crippen molar-refractivity contribution in [1.29, 1.82) is 0 Å². The van der Waals surface area contributed by atoms with Gasteiger partial charge in [-0.15, -0.1) is 0 Å². The van der Waals surface area contributed by atoms with Crippen LogP contribution in [0.3, 0.4) is 0 Å². The lowest BCUT2D eigenvalue weighted by Gasteiger charge is -2.36. The minimum Gasteiger partial charge on any atom is -0.481 e. The van der Waals surface area contributed by atoms with Gasteiger partial charge in [-0.3, -0.25) is 58.1 Å². The zero-order chi connectivity index (χ0) is 77.1. The van der Waals surface area contributed by atoms with Crippen molar-refractivity contribution in [2.24, 2.45) is 11.8 Å². The Balaban J connectivity index is 0.000000220. The maximum atomic E-state index is 13.6. The van der Waals surface area contributed by atoms with Gasteiger partial charge in [0.2, 0.25) is 17.7 Å². The third-order valence-corrected chi connectivity index (χ3v) is 18.0. The number of carbonyl (C=O) groups is 6. The summed E-state index contributed by atoms with van der Waals surface area (Å²) in [5.74, 6) is -3.79. The number of alkyl halides is 3. The van der Waals surface area contributed by atoms with Gasteiger partial charge in [-0.05, 0) is 185 Å². The first-order valence-electron chi connectivity index (χ1n) is 34.9. The molecule has 1 saturated heterocycles. The van der Waals surface area contributed by atoms with Crippen molar-refractivity contribution in [3.05, 3.63) is 233 Å². The number of nitrogens with one attached hydrogen (secondary N) is 3. The molecule has 1 fully saturated rings. The molecule has 6 aromatic heterocycles. The number of carbonyl (C=O) groups excluding carboxylic acids is 4. The third-order valence-electron chi connectivity index (χ3n) is 18.0. The molecule has 1 aliphatic heterocycles. The summed E-state index contributed by atoms with van der Waals surface area (Å²) in [4.78, 5) is 129. The molecular weight excluding hydrogens is 1350 g/mol. The maximum Gasteiger partial charge on any atom is 0.391 e. The first-order chi connectivity index (χ1) is 49.6. The van der Waals surface area contributed by atoms with Crippen LogP contribution in [0.5, 0.6) is 0 Å². The number of aromatic nitrogens is 6. The summed E-state index contributed by atoms with van der Waals surface area (Å²) in [6.45, 7) is 27.1. The van der Waals surface area contributed by atoms with Gasteiger partial charge in [-0.25, -0.2) is 0 Å². The highest BCUT2D eigenvalue weighted by Crippen LogP contribution is 2.34. The van der Waals surface area contributed by atoms with Gasteiger partial charge >= 0.3 is 18.1 Å². The lowest BCUT2D eigenvalue weighted by molar-refractivity contribution is -0.153. The van der Waals surface area contributed by atoms with E-state index in [0.717, 1.165) is 86.0 Å². The topological polar surface area (TPSA) is 296 Å². The number of amides is 3. The van der Waals surface area contributed by atoms with E-state index in [0.29, 0.717) is 47.3 Å². The Bertz CT molecular complexity index is 4550. The van der Waals surface area contributed by atoms with Crippen LogP contribution in [0, 0.1) is 60.3 Å². The minimum atomic E-state index is -4.75. The average molecular weight is 1450 g/mol. The number of ketones is 1. The van der Waals surface area contributed by atoms with Gasteiger partial charge in [-0.2, -0.15) is 13.2 Å². The van der Waals surface area contributed by atoms with Crippen LogP contribution < -0.4 is 37.5 Å². The van der Waals surface area contributed by atoms with Crippen molar-refractivity contribution >= 4 is 41.1 Å². The highest BCUT2D eigenvalue weighted by molar-refractivity contribution is 5.84. The molecule has 9 rings (SSSR count). The van der Waals surface area contributed by atoms with E-state index in [1.165, 1.54) is 46.5 Å². The lowest BCUT2D eigenvalue weighted by Crippen LogP contribution is -2.44. The monoisotopic (exact) mass is 1440 g/mol. The summed E-state index contributed by atoms with van der Waals surface area (Å²) < 4.78 is 49.0. The van der Waals surface area contributed by atoms with Gasteiger partial charge in [0.25, 0.3) is 16.7 Å². The summed E-state index contributed by atoms with van der Waals surface area (Å²) >= 11 is 0. The van der Waals surface area contributed by atoms with Gasteiger partial charge in [0.05, 0.1) is 67.7 Å². The molecule has 25 heteroatoms. The predicted octanol–water partition coefficient (Wildman–Crippen LogP) is 12.6. The highest BCUT2D eigenvalue weighted by Gasteiger charge is 2.38. The van der Waals surface area contributed by atoms with E-state index in [9.17, 15) is 66.5 Å². The largest absolute Gasteiger partial charge is 0.481 e. The number of aryl methyl sites for hydroxylation is 7. The van der Waals surface area contributed by atoms with Crippen LogP contribution >= 0.6 is 0 Å². The molecule has 8 aromatic rings. The Kier molecular flexibility index (Phi) is 28.9. The zero-order valence-corrected chi connectivity index (χ0v) is 61.7. The van der Waals surface area contributed by atoms with E-state index in [1.54, 1.807) is 49.2 Å². The van der Waals surface area contributed by atoms with Crippen LogP contribution in [0.2, 0.25) is 0 Å². The average Bonchev–Trinajstić information content (AvgIpc) is 0.756. The van der Waals surface area contributed by atoms with E-state index in [-0.39, 0.29) is 59.4 Å². The van der Waals surface area contributed by atoms with Crippen LogP contribution in [0.15, 0.2) is 161 Å². The SMILES string of the molecule is CC(=O)C[C@H](NC(=O)[C@H](CC(C)C)n1ccc(C)cc1=O)c1cnc(C)c(N2CCOC[C@@H]2C)c1.Cc1cccc(C)c1-c1cncc([C@H](CC(=O)O)NC(=O)C(CC(F)(F)F)n2ccccc2=O)c1.Cc1ccn([C@@H](CC(C)C)C(=O)N[C@@H](CC(=O)O)c2ccnc(-c3c(C)cccc3C)c2)c(=O)c1. The second-order valence-electron chi connectivity index (χ2n) is 27.8. The Morgan fingerprint density at radius 1 is 0.562 bits per heavy atom. The number of carboxylic acids is 2. The quantitative estimate of drug-likeness (QED) is 0.0337. The molecule has 0 bridgehead atoms. The molecule has 7 atom stereocenters. The van der Waals surface area contributed by atoms with Crippen molar-refractivity contribution in [3.8, 4) is 22.4 Å². The number of nitrogens with zero attached hydrogens (tertiary/aromatic N) is 7. The second-order valence-corrected chi connectivity index (χ2v) is 27.8. The number of ether oxygens (including phenoxy) is 1. The fraction of sp³-hybridized carbons (Fsp3) is 0.400. The number of halogens is 3. The van der Waals surface area contributed by atoms with Crippen molar-refractivity contribution in [2.75, 3.05) is 24.7 Å². The summed E-state index contributed by atoms with van der Waals surface area (Å²) in [7, 11) is 0. The van der Waals surface area contributed by atoms with Crippen molar-refractivity contribution in [3.63, 3.8) is 0 Å². The number of anilines is 1. The molecular formula is C80H95F3N10O12. The van der Waals surface area contributed by atoms with Crippen LogP contribution in [-0.2, 0) is 33.5 Å². The van der Waals surface area contributed by atoms with Crippen LogP contribution in [0.25, 0.3) is 22.4 Å². The first kappa shape index (κ1) is 81.6. The standard InChI is InChI=1S/C28H33N3O4.C27H38N4O4.C25H24F3N3O4/c1-17(2)13-24(31-12-10-18(3)14-25(31)32)28(35)30-22(16-26(33)34)21-9-11-29-23(15-21)27-19(4)7-6-8-20(27)5;1-17(2)11-25(31-8-7-18(3)12-26(31)33)27(34)29-23(13-20(5)32)22-14-24(21(6)28-15-22)30-9-10-35-16-19(30)4;1-15-6-5-7-16(2)23(15)18-10-17(13-29-14-18)19(11-22(33)34)30-24(35)20(12-25(26,27)28)31-9-4-3-8-21(31)32/h6-12,14-15,17,22,24H,13,16H2,1-5H3,(H,30,35)(H,33,34);7-8,12,14-15,17,19,23,25H,9-11,13,16H2,1-6H3,(H,29,34);3-10,13-14,19-20H,11-12H2,1-2H3,(H,30,35)(H,33,34)/t22-,24-;19-,23-,25-;19-,20?/m000/s1. The molecule has 0 spiro atoms. The van der Waals surface area contributed by atoms with Crippen LogP contribution in [0.4, 0.5) is 18.9 Å². The number of pyridine rings is 6. The lowest BCUT2D eigenvalue weighted by atomic mass is 9.94. The van der Waals surface area contributed by atoms with Crippen molar-refractivity contribution < 1.29 is 56.9 Å². The fourth-order valence-electron chi connectivity index (χ4n) is 12.9. The Morgan fingerprint density at radius 2 is 1.06 bits per heavy atom. The third kappa shape index (κ3) is 23.2. The van der Waals surface area contributed by atoms with Crippen molar-refractivity contribution in [1.82, 2.24) is 44.6 Å². The van der Waals surface area contributed by atoms with E-state index in [4.69, 9.17) is 4.74 Å². The minimum absolute atomic E-state index is 0.0370. The number of hydrogen-bond donors (Lipinski definition) is 5. The summed E-state index contributed by atoms with van der Waals surface area (Å²) in [5, 5.41) is 27.4. The predicted molar refractivity (Wildman–Crippen MR) is 396 cm³/mol. The van der Waals surface area contributed by atoms with Gasteiger partial charge in [-0.1, -0.05) is 70.2 Å². The smallest absolute Gasteiger partial charge is 0.391 e. The van der Waals surface area contributed by atoms with Crippen LogP contribution in [0.1, 0.15) is 172 Å². The zero-order valence-electron chi connectivity index (χ0n) is 61.7. The summed E-state index contributed by atoms with van der Waals surface area (Å²) in [6, 6.07) is 23.7. The van der Waals surface area contributed by atoms with Gasteiger partial charge in [0.15, 0.2) is 0 Å². The molecule has 1 aliphatic rings. The summed E-state index contributed by atoms with van der Waals surface area (Å²) in [5.41, 5.74) is 11.3. The highest BCUT2D eigenvalue weighted by atomic mass is 19.4. The normalized spacial score (nSPS) is 14.6. The molecule has 1 unspecified atom stereocenters. The number of aliphatic carboxylic acids is 2. The molecule has 0 aliphatic carbocycles. The Hall–Kier alpha value is -10.7. The van der Waals surface area contributed by atoms with E-state index < -0.39 is 78.7 Å². The number of morpholine rings is 1. The van der Waals surface area contributed by atoms with E-state index >= 15 is 0 Å². The molecule has 558 valence electrons. The molecule has 3 amide bonds. The molecule has 5 N–H and O–H groups in total.